The number of hydrogen-bond donors (Lipinski definition) is 1. The topological polar surface area (TPSA) is 49.4 Å². The lowest BCUT2D eigenvalue weighted by Gasteiger charge is -2.29. The zero-order chi connectivity index (χ0) is 20.2. The Kier molecular flexibility index (Phi) is 5.45. The van der Waals surface area contributed by atoms with Crippen molar-refractivity contribution in [2.45, 2.75) is 6.04 Å². The quantitative estimate of drug-likeness (QED) is 0.632. The van der Waals surface area contributed by atoms with E-state index in [4.69, 9.17) is 11.6 Å². The Labute approximate surface area is 174 Å². The smallest absolute Gasteiger partial charge is 0.247 e. The van der Waals surface area contributed by atoms with Crippen molar-refractivity contribution in [3.05, 3.63) is 107 Å². The lowest BCUT2D eigenvalue weighted by molar-refractivity contribution is -0.131. The molecule has 2 amide bonds. The summed E-state index contributed by atoms with van der Waals surface area (Å²) in [5.41, 5.74) is 3.28. The molecule has 0 spiro atoms. The first-order valence-corrected chi connectivity index (χ1v) is 9.67. The summed E-state index contributed by atoms with van der Waals surface area (Å²) in [7, 11) is 0. The lowest BCUT2D eigenvalue weighted by atomic mass is 9.95. The summed E-state index contributed by atoms with van der Waals surface area (Å²) in [6, 6.07) is 24.1. The van der Waals surface area contributed by atoms with E-state index >= 15 is 0 Å². The van der Waals surface area contributed by atoms with E-state index in [1.807, 2.05) is 60.7 Å². The van der Waals surface area contributed by atoms with Crippen LogP contribution < -0.4 is 5.32 Å². The fraction of sp³-hybridized carbons (Fsp3) is 0.0833. The number of hydrogen-bond acceptors (Lipinski definition) is 2. The molecule has 0 bridgehead atoms. The van der Waals surface area contributed by atoms with E-state index in [9.17, 15) is 9.59 Å². The maximum atomic E-state index is 13.2. The van der Waals surface area contributed by atoms with Crippen LogP contribution in [-0.2, 0) is 9.59 Å². The second-order valence-electron chi connectivity index (χ2n) is 6.80. The summed E-state index contributed by atoms with van der Waals surface area (Å²) < 4.78 is 0. The van der Waals surface area contributed by atoms with Gasteiger partial charge >= 0.3 is 0 Å². The van der Waals surface area contributed by atoms with Gasteiger partial charge in [-0.2, -0.15) is 0 Å². The van der Waals surface area contributed by atoms with Gasteiger partial charge in [-0.15, -0.1) is 0 Å². The van der Waals surface area contributed by atoms with E-state index in [1.54, 1.807) is 29.2 Å². The molecule has 1 atom stereocenters. The zero-order valence-electron chi connectivity index (χ0n) is 15.6. The van der Waals surface area contributed by atoms with Crippen LogP contribution in [0.25, 0.3) is 6.08 Å². The van der Waals surface area contributed by atoms with Gasteiger partial charge in [-0.3, -0.25) is 9.59 Å². The van der Waals surface area contributed by atoms with Crippen LogP contribution in [0, 0.1) is 0 Å². The third kappa shape index (κ3) is 4.23. The maximum Gasteiger partial charge on any atom is 0.247 e. The van der Waals surface area contributed by atoms with E-state index in [0.29, 0.717) is 10.7 Å². The number of nitrogens with zero attached hydrogens (tertiary/aromatic N) is 1. The molecular weight excluding hydrogens is 384 g/mol. The third-order valence-corrected chi connectivity index (χ3v) is 5.06. The Balaban J connectivity index is 1.78. The van der Waals surface area contributed by atoms with Crippen LogP contribution in [0.5, 0.6) is 0 Å². The standard InChI is InChI=1S/C24H19ClN2O2/c25-19-12-13-21-20(15-19)24(18-9-5-2-6-10-18)27(16-22(28)26-21)23(29)14-11-17-7-3-1-4-8-17/h1-15,24H,16H2,(H,26,28)/b14-11+. The van der Waals surface area contributed by atoms with Gasteiger partial charge in [0.05, 0.1) is 6.04 Å². The molecule has 4 nitrogen and oxygen atoms in total. The van der Waals surface area contributed by atoms with Crippen molar-refractivity contribution in [2.75, 3.05) is 11.9 Å². The van der Waals surface area contributed by atoms with Crippen LogP contribution in [0.4, 0.5) is 5.69 Å². The van der Waals surface area contributed by atoms with E-state index in [2.05, 4.69) is 5.32 Å². The number of carbonyl (C=O) groups is 2. The minimum atomic E-state index is -0.434. The summed E-state index contributed by atoms with van der Waals surface area (Å²) in [5, 5.41) is 3.44. The van der Waals surface area contributed by atoms with Crippen LogP contribution in [0.2, 0.25) is 5.02 Å². The van der Waals surface area contributed by atoms with Gasteiger partial charge in [0.25, 0.3) is 0 Å². The highest BCUT2D eigenvalue weighted by atomic mass is 35.5. The normalized spacial score (nSPS) is 16.2. The van der Waals surface area contributed by atoms with E-state index in [-0.39, 0.29) is 18.4 Å². The predicted molar refractivity (Wildman–Crippen MR) is 116 cm³/mol. The van der Waals surface area contributed by atoms with Gasteiger partial charge in [-0.1, -0.05) is 72.3 Å². The largest absolute Gasteiger partial charge is 0.324 e. The second kappa shape index (κ2) is 8.33. The number of carbonyl (C=O) groups excluding carboxylic acids is 2. The Bertz CT molecular complexity index is 1060. The molecule has 4 rings (SSSR count). The number of fused-ring (bicyclic) bond motifs is 1. The monoisotopic (exact) mass is 402 g/mol. The Hall–Kier alpha value is -3.37. The van der Waals surface area contributed by atoms with Crippen molar-refractivity contribution < 1.29 is 9.59 Å². The van der Waals surface area contributed by atoms with E-state index in [0.717, 1.165) is 16.7 Å². The van der Waals surface area contributed by atoms with Gasteiger partial charge in [0.2, 0.25) is 11.8 Å². The molecule has 29 heavy (non-hydrogen) atoms. The van der Waals surface area contributed by atoms with Crippen molar-refractivity contribution in [3.8, 4) is 0 Å². The maximum absolute atomic E-state index is 13.2. The first kappa shape index (κ1) is 19.0. The number of halogens is 1. The van der Waals surface area contributed by atoms with E-state index in [1.165, 1.54) is 6.08 Å². The highest BCUT2D eigenvalue weighted by Crippen LogP contribution is 2.37. The second-order valence-corrected chi connectivity index (χ2v) is 7.24. The first-order chi connectivity index (χ1) is 14.1. The van der Waals surface area contributed by atoms with Crippen molar-refractivity contribution in [3.63, 3.8) is 0 Å². The van der Waals surface area contributed by atoms with Gasteiger partial charge in [0.1, 0.15) is 6.54 Å². The molecular formula is C24H19ClN2O2. The predicted octanol–water partition coefficient (Wildman–Crippen LogP) is 4.92. The number of nitrogens with one attached hydrogen (secondary N) is 1. The highest BCUT2D eigenvalue weighted by Gasteiger charge is 2.32. The average molecular weight is 403 g/mol. The molecule has 0 radical (unpaired) electrons. The van der Waals surface area contributed by atoms with Crippen LogP contribution in [0.1, 0.15) is 22.7 Å². The van der Waals surface area contributed by atoms with Crippen molar-refractivity contribution in [2.24, 2.45) is 0 Å². The summed E-state index contributed by atoms with van der Waals surface area (Å²) in [5.74, 6) is -0.487. The number of anilines is 1. The summed E-state index contributed by atoms with van der Waals surface area (Å²) in [4.78, 5) is 27.3. The van der Waals surface area contributed by atoms with Crippen molar-refractivity contribution in [1.29, 1.82) is 0 Å². The molecule has 0 fully saturated rings. The summed E-state index contributed by atoms with van der Waals surface area (Å²) in [6.07, 6.45) is 3.26. The summed E-state index contributed by atoms with van der Waals surface area (Å²) in [6.45, 7) is -0.0518. The number of amides is 2. The van der Waals surface area contributed by atoms with Crippen LogP contribution in [0.15, 0.2) is 84.9 Å². The minimum Gasteiger partial charge on any atom is -0.324 e. The van der Waals surface area contributed by atoms with Crippen LogP contribution >= 0.6 is 11.6 Å². The van der Waals surface area contributed by atoms with Crippen LogP contribution in [0.3, 0.4) is 0 Å². The fourth-order valence-corrected chi connectivity index (χ4v) is 3.69. The Morgan fingerprint density at radius 1 is 1.00 bits per heavy atom. The molecule has 0 aliphatic carbocycles. The highest BCUT2D eigenvalue weighted by molar-refractivity contribution is 6.30. The molecule has 3 aromatic rings. The third-order valence-electron chi connectivity index (χ3n) is 4.82. The minimum absolute atomic E-state index is 0.0518. The Morgan fingerprint density at radius 2 is 1.69 bits per heavy atom. The number of benzene rings is 3. The zero-order valence-corrected chi connectivity index (χ0v) is 16.3. The van der Waals surface area contributed by atoms with Gasteiger partial charge < -0.3 is 10.2 Å². The fourth-order valence-electron chi connectivity index (χ4n) is 3.50. The molecule has 1 heterocycles. The molecule has 0 saturated carbocycles. The summed E-state index contributed by atoms with van der Waals surface area (Å²) >= 11 is 6.26. The lowest BCUT2D eigenvalue weighted by Crippen LogP contribution is -2.38. The Morgan fingerprint density at radius 3 is 2.41 bits per heavy atom. The molecule has 3 aromatic carbocycles. The molecule has 144 valence electrons. The van der Waals surface area contributed by atoms with Crippen molar-refractivity contribution in [1.82, 2.24) is 4.90 Å². The van der Waals surface area contributed by atoms with Gasteiger partial charge in [0.15, 0.2) is 0 Å². The van der Waals surface area contributed by atoms with Gasteiger partial charge in [-0.05, 0) is 35.4 Å². The molecule has 1 aliphatic rings. The van der Waals surface area contributed by atoms with Gasteiger partial charge in [0, 0.05) is 22.3 Å². The van der Waals surface area contributed by atoms with Crippen LogP contribution in [-0.4, -0.2) is 23.3 Å². The van der Waals surface area contributed by atoms with E-state index < -0.39 is 6.04 Å². The SMILES string of the molecule is O=C1CN(C(=O)/C=C/c2ccccc2)C(c2ccccc2)c2cc(Cl)ccc2N1. The molecule has 1 N–H and O–H groups in total. The molecule has 5 heteroatoms. The first-order valence-electron chi connectivity index (χ1n) is 9.30. The molecule has 0 aromatic heterocycles. The van der Waals surface area contributed by atoms with Gasteiger partial charge in [-0.25, -0.2) is 0 Å². The number of rotatable bonds is 3. The molecule has 1 aliphatic heterocycles. The molecule has 1 unspecified atom stereocenters. The van der Waals surface area contributed by atoms with Crippen molar-refractivity contribution >= 4 is 35.2 Å². The average Bonchev–Trinajstić information content (AvgIpc) is 2.89. The molecule has 0 saturated heterocycles.